The van der Waals surface area contributed by atoms with Crippen LogP contribution in [-0.4, -0.2) is 27.0 Å². The van der Waals surface area contributed by atoms with Gasteiger partial charge in [-0.05, 0) is 12.5 Å². The zero-order chi connectivity index (χ0) is 12.3. The number of aryl methyl sites for hydroxylation is 1. The third-order valence-corrected chi connectivity index (χ3v) is 2.26. The Hall–Kier alpha value is -2.08. The van der Waals surface area contributed by atoms with Gasteiger partial charge in [-0.3, -0.25) is 4.98 Å². The zero-order valence-corrected chi connectivity index (χ0v) is 9.66. The monoisotopic (exact) mass is 231 g/mol. The second kappa shape index (κ2) is 4.84. The van der Waals surface area contributed by atoms with Crippen LogP contribution in [0.2, 0.25) is 0 Å². The van der Waals surface area contributed by atoms with Crippen LogP contribution in [0.15, 0.2) is 24.8 Å². The van der Waals surface area contributed by atoms with Crippen molar-refractivity contribution in [3.05, 3.63) is 41.9 Å². The van der Waals surface area contributed by atoms with E-state index in [1.165, 1.54) is 7.11 Å². The second-order valence-electron chi connectivity index (χ2n) is 3.55. The van der Waals surface area contributed by atoms with E-state index in [4.69, 9.17) is 10.5 Å². The molecule has 1 unspecified atom stereocenters. The molecule has 0 spiro atoms. The lowest BCUT2D eigenvalue weighted by molar-refractivity contribution is 0.386. The van der Waals surface area contributed by atoms with Crippen molar-refractivity contribution in [2.75, 3.05) is 7.11 Å². The van der Waals surface area contributed by atoms with Crippen LogP contribution < -0.4 is 10.5 Å². The van der Waals surface area contributed by atoms with Gasteiger partial charge in [0.15, 0.2) is 5.82 Å². The van der Waals surface area contributed by atoms with E-state index in [2.05, 4.69) is 19.9 Å². The molecule has 0 radical (unpaired) electrons. The molecule has 0 fully saturated rings. The van der Waals surface area contributed by atoms with Crippen molar-refractivity contribution < 1.29 is 4.74 Å². The van der Waals surface area contributed by atoms with Crippen LogP contribution in [-0.2, 0) is 0 Å². The minimum atomic E-state index is -0.542. The summed E-state index contributed by atoms with van der Waals surface area (Å²) in [6.07, 6.45) is 6.53. The van der Waals surface area contributed by atoms with Crippen molar-refractivity contribution >= 4 is 0 Å². The highest BCUT2D eigenvalue weighted by molar-refractivity contribution is 5.26. The van der Waals surface area contributed by atoms with E-state index in [9.17, 15) is 0 Å². The highest BCUT2D eigenvalue weighted by atomic mass is 16.5. The number of hydrogen-bond acceptors (Lipinski definition) is 6. The molecule has 2 heterocycles. The van der Waals surface area contributed by atoms with Crippen LogP contribution in [0.3, 0.4) is 0 Å². The Bertz CT molecular complexity index is 499. The van der Waals surface area contributed by atoms with Gasteiger partial charge in [-0.1, -0.05) is 0 Å². The van der Waals surface area contributed by atoms with Crippen LogP contribution in [0.1, 0.15) is 23.1 Å². The maximum absolute atomic E-state index is 6.04. The van der Waals surface area contributed by atoms with Gasteiger partial charge in [0.25, 0.3) is 0 Å². The Kier molecular flexibility index (Phi) is 3.24. The average Bonchev–Trinajstić information content (AvgIpc) is 2.39. The third kappa shape index (κ3) is 2.36. The lowest BCUT2D eigenvalue weighted by Crippen LogP contribution is -2.18. The number of nitrogens with zero attached hydrogens (tertiary/aromatic N) is 4. The molecular formula is C11H13N5O. The number of aromatic nitrogens is 4. The summed E-state index contributed by atoms with van der Waals surface area (Å²) in [5, 5.41) is 0. The summed E-state index contributed by atoms with van der Waals surface area (Å²) in [6, 6.07) is -0.542. The van der Waals surface area contributed by atoms with E-state index in [-0.39, 0.29) is 0 Å². The molecule has 6 nitrogen and oxygen atoms in total. The molecule has 0 saturated heterocycles. The number of methoxy groups -OCH3 is 1. The molecule has 88 valence electrons. The maximum atomic E-state index is 6.04. The molecule has 2 rings (SSSR count). The van der Waals surface area contributed by atoms with Crippen molar-refractivity contribution in [1.82, 2.24) is 19.9 Å². The molecule has 1 atom stereocenters. The summed E-state index contributed by atoms with van der Waals surface area (Å²) in [5.74, 6) is 0.888. The van der Waals surface area contributed by atoms with Crippen LogP contribution in [0.25, 0.3) is 0 Å². The molecule has 0 aromatic carbocycles. The van der Waals surface area contributed by atoms with Gasteiger partial charge in [-0.25, -0.2) is 15.0 Å². The molecule has 0 amide bonds. The van der Waals surface area contributed by atoms with Gasteiger partial charge in [0.05, 0.1) is 7.11 Å². The van der Waals surface area contributed by atoms with Gasteiger partial charge in [0.2, 0.25) is 5.88 Å². The van der Waals surface area contributed by atoms with Gasteiger partial charge >= 0.3 is 0 Å². The molecule has 17 heavy (non-hydrogen) atoms. The third-order valence-electron chi connectivity index (χ3n) is 2.26. The lowest BCUT2D eigenvalue weighted by atomic mass is 10.2. The summed E-state index contributed by atoms with van der Waals surface area (Å²) in [4.78, 5) is 16.5. The SMILES string of the molecule is COc1nccnc1C(N)c1ncc(C)cn1. The van der Waals surface area contributed by atoms with Crippen LogP contribution in [0, 0.1) is 6.92 Å². The highest BCUT2D eigenvalue weighted by Crippen LogP contribution is 2.21. The molecule has 6 heteroatoms. The molecule has 2 N–H and O–H groups in total. The first-order chi connectivity index (χ1) is 8.22. The molecule has 0 aliphatic carbocycles. The Morgan fingerprint density at radius 3 is 2.41 bits per heavy atom. The first kappa shape index (κ1) is 11.4. The largest absolute Gasteiger partial charge is 0.480 e. The van der Waals surface area contributed by atoms with Crippen molar-refractivity contribution in [2.45, 2.75) is 13.0 Å². The van der Waals surface area contributed by atoms with E-state index in [0.717, 1.165) is 5.56 Å². The van der Waals surface area contributed by atoms with Crippen LogP contribution in [0.5, 0.6) is 5.88 Å². The number of rotatable bonds is 3. The molecule has 2 aromatic rings. The quantitative estimate of drug-likeness (QED) is 0.833. The predicted octanol–water partition coefficient (Wildman–Crippen LogP) is 0.632. The van der Waals surface area contributed by atoms with E-state index >= 15 is 0 Å². The zero-order valence-electron chi connectivity index (χ0n) is 9.66. The number of hydrogen-bond donors (Lipinski definition) is 1. The standard InChI is InChI=1S/C11H13N5O/c1-7-5-15-10(16-6-7)8(12)9-11(17-2)14-4-3-13-9/h3-6,8H,12H2,1-2H3. The smallest absolute Gasteiger partial charge is 0.237 e. The molecule has 0 aliphatic rings. The van der Waals surface area contributed by atoms with Gasteiger partial charge in [0.1, 0.15) is 11.7 Å². The van der Waals surface area contributed by atoms with Gasteiger partial charge in [-0.15, -0.1) is 0 Å². The minimum Gasteiger partial charge on any atom is -0.480 e. The fourth-order valence-corrected chi connectivity index (χ4v) is 1.39. The van der Waals surface area contributed by atoms with Gasteiger partial charge in [0, 0.05) is 24.8 Å². The normalized spacial score (nSPS) is 12.2. The summed E-state index contributed by atoms with van der Waals surface area (Å²) in [5.41, 5.74) is 7.54. The number of nitrogens with two attached hydrogens (primary N) is 1. The molecule has 2 aromatic heterocycles. The summed E-state index contributed by atoms with van der Waals surface area (Å²) < 4.78 is 5.10. The summed E-state index contributed by atoms with van der Waals surface area (Å²) in [6.45, 7) is 1.91. The Morgan fingerprint density at radius 1 is 1.12 bits per heavy atom. The van der Waals surface area contributed by atoms with Crippen molar-refractivity contribution in [1.29, 1.82) is 0 Å². The highest BCUT2D eigenvalue weighted by Gasteiger charge is 2.18. The second-order valence-corrected chi connectivity index (χ2v) is 3.55. The van der Waals surface area contributed by atoms with Gasteiger partial charge < -0.3 is 10.5 Å². The first-order valence-electron chi connectivity index (χ1n) is 5.11. The van der Waals surface area contributed by atoms with Crippen molar-refractivity contribution in [3.63, 3.8) is 0 Å². The van der Waals surface area contributed by atoms with E-state index in [1.54, 1.807) is 24.8 Å². The minimum absolute atomic E-state index is 0.393. The lowest BCUT2D eigenvalue weighted by Gasteiger charge is -2.11. The van der Waals surface area contributed by atoms with E-state index < -0.39 is 6.04 Å². The van der Waals surface area contributed by atoms with Crippen LogP contribution in [0.4, 0.5) is 0 Å². The first-order valence-corrected chi connectivity index (χ1v) is 5.11. The maximum Gasteiger partial charge on any atom is 0.237 e. The molecule has 0 aliphatic heterocycles. The average molecular weight is 231 g/mol. The van der Waals surface area contributed by atoms with Crippen LogP contribution >= 0.6 is 0 Å². The fourth-order valence-electron chi connectivity index (χ4n) is 1.39. The van der Waals surface area contributed by atoms with E-state index in [0.29, 0.717) is 17.4 Å². The van der Waals surface area contributed by atoms with Gasteiger partial charge in [-0.2, -0.15) is 0 Å². The Morgan fingerprint density at radius 2 is 1.76 bits per heavy atom. The van der Waals surface area contributed by atoms with E-state index in [1.807, 2.05) is 6.92 Å². The molecule has 0 saturated carbocycles. The fraction of sp³-hybridized carbons (Fsp3) is 0.273. The van der Waals surface area contributed by atoms with Crippen molar-refractivity contribution in [2.24, 2.45) is 5.73 Å². The Balaban J connectivity index is 2.36. The number of ether oxygens (including phenoxy) is 1. The predicted molar refractivity (Wildman–Crippen MR) is 61.4 cm³/mol. The summed E-state index contributed by atoms with van der Waals surface area (Å²) in [7, 11) is 1.52. The van der Waals surface area contributed by atoms with Crippen molar-refractivity contribution in [3.8, 4) is 5.88 Å². The molecule has 0 bridgehead atoms. The Labute approximate surface area is 98.9 Å². The topological polar surface area (TPSA) is 86.8 Å². The molecular weight excluding hydrogens is 218 g/mol. The summed E-state index contributed by atoms with van der Waals surface area (Å²) >= 11 is 0.